The molecule has 1 unspecified atom stereocenters. The van der Waals surface area contributed by atoms with Crippen molar-refractivity contribution < 1.29 is 14.3 Å². The summed E-state index contributed by atoms with van der Waals surface area (Å²) in [5, 5.41) is 2.79. The van der Waals surface area contributed by atoms with Gasteiger partial charge in [0.05, 0.1) is 6.61 Å². The minimum atomic E-state index is -0.139. The van der Waals surface area contributed by atoms with Crippen LogP contribution in [0.3, 0.4) is 0 Å². The molecule has 1 amide bonds. The first-order valence-electron chi connectivity index (χ1n) is 6.01. The van der Waals surface area contributed by atoms with Gasteiger partial charge in [0.25, 0.3) is 5.91 Å². The van der Waals surface area contributed by atoms with E-state index in [9.17, 15) is 4.79 Å². The molecule has 1 atom stereocenters. The zero-order valence-electron chi connectivity index (χ0n) is 11.4. The van der Waals surface area contributed by atoms with Gasteiger partial charge in [-0.15, -0.1) is 0 Å². The van der Waals surface area contributed by atoms with Crippen LogP contribution >= 0.6 is 0 Å². The summed E-state index contributed by atoms with van der Waals surface area (Å²) < 4.78 is 10.4. The van der Waals surface area contributed by atoms with Crippen molar-refractivity contribution in [3.63, 3.8) is 0 Å². The van der Waals surface area contributed by atoms with Crippen LogP contribution in [0.2, 0.25) is 0 Å². The Balaban J connectivity index is 2.42. The molecular weight excluding hydrogens is 230 g/mol. The van der Waals surface area contributed by atoms with Crippen LogP contribution in [-0.4, -0.2) is 32.3 Å². The first-order chi connectivity index (χ1) is 8.52. The van der Waals surface area contributed by atoms with Crippen LogP contribution in [0.15, 0.2) is 18.2 Å². The highest BCUT2D eigenvalue weighted by Gasteiger charge is 2.08. The summed E-state index contributed by atoms with van der Waals surface area (Å²) in [7, 11) is 1.61. The lowest BCUT2D eigenvalue weighted by atomic mass is 10.1. The van der Waals surface area contributed by atoms with Gasteiger partial charge >= 0.3 is 0 Å². The number of methoxy groups -OCH3 is 1. The van der Waals surface area contributed by atoms with Crippen LogP contribution in [0.4, 0.5) is 0 Å². The number of benzene rings is 1. The molecule has 1 rings (SSSR count). The average molecular weight is 251 g/mol. The van der Waals surface area contributed by atoms with Gasteiger partial charge in [-0.25, -0.2) is 0 Å². The second-order valence-corrected chi connectivity index (χ2v) is 4.48. The standard InChI is InChI=1S/C14H21NO3/c1-10-5-6-13(11(2)7-10)18-9-14(16)15-12(3)8-17-4/h5-7,12H,8-9H2,1-4H3,(H,15,16). The zero-order valence-corrected chi connectivity index (χ0v) is 11.4. The SMILES string of the molecule is COCC(C)NC(=O)COc1ccc(C)cc1C. The zero-order chi connectivity index (χ0) is 13.5. The van der Waals surface area contributed by atoms with Crippen molar-refractivity contribution in [2.24, 2.45) is 0 Å². The maximum absolute atomic E-state index is 11.6. The van der Waals surface area contributed by atoms with Crippen molar-refractivity contribution >= 4 is 5.91 Å². The molecule has 0 bridgehead atoms. The lowest BCUT2D eigenvalue weighted by Crippen LogP contribution is -2.38. The largest absolute Gasteiger partial charge is 0.484 e. The maximum Gasteiger partial charge on any atom is 0.258 e. The van der Waals surface area contributed by atoms with Crippen molar-refractivity contribution in [2.45, 2.75) is 26.8 Å². The molecule has 4 heteroatoms. The van der Waals surface area contributed by atoms with Gasteiger partial charge in [-0.1, -0.05) is 17.7 Å². The molecule has 0 fully saturated rings. The normalized spacial score (nSPS) is 12.0. The quantitative estimate of drug-likeness (QED) is 0.839. The van der Waals surface area contributed by atoms with Crippen molar-refractivity contribution in [1.29, 1.82) is 0 Å². The van der Waals surface area contributed by atoms with Crippen LogP contribution in [0.25, 0.3) is 0 Å². The van der Waals surface area contributed by atoms with Crippen molar-refractivity contribution in [1.82, 2.24) is 5.32 Å². The third-order valence-electron chi connectivity index (χ3n) is 2.51. The van der Waals surface area contributed by atoms with E-state index < -0.39 is 0 Å². The number of rotatable bonds is 6. The molecule has 0 radical (unpaired) electrons. The summed E-state index contributed by atoms with van der Waals surface area (Å²) in [6, 6.07) is 5.87. The summed E-state index contributed by atoms with van der Waals surface area (Å²) in [4.78, 5) is 11.6. The minimum absolute atomic E-state index is 0.00906. The number of carbonyl (C=O) groups excluding carboxylic acids is 1. The molecule has 0 spiro atoms. The van der Waals surface area contributed by atoms with E-state index in [2.05, 4.69) is 5.32 Å². The van der Waals surface area contributed by atoms with Crippen molar-refractivity contribution in [3.05, 3.63) is 29.3 Å². The monoisotopic (exact) mass is 251 g/mol. The molecule has 0 aliphatic heterocycles. The molecule has 0 aliphatic rings. The van der Waals surface area contributed by atoms with E-state index in [-0.39, 0.29) is 18.6 Å². The van der Waals surface area contributed by atoms with Crippen molar-refractivity contribution in [3.8, 4) is 5.75 Å². The molecular formula is C14H21NO3. The van der Waals surface area contributed by atoms with Gasteiger partial charge in [0.1, 0.15) is 5.75 Å². The van der Waals surface area contributed by atoms with E-state index in [1.165, 1.54) is 5.56 Å². The second-order valence-electron chi connectivity index (χ2n) is 4.48. The van der Waals surface area contributed by atoms with E-state index in [0.717, 1.165) is 11.3 Å². The van der Waals surface area contributed by atoms with Gasteiger partial charge in [0, 0.05) is 13.2 Å². The summed E-state index contributed by atoms with van der Waals surface area (Å²) >= 11 is 0. The molecule has 0 aliphatic carbocycles. The van der Waals surface area contributed by atoms with Gasteiger partial charge < -0.3 is 14.8 Å². The van der Waals surface area contributed by atoms with Gasteiger partial charge in [0.2, 0.25) is 0 Å². The number of ether oxygens (including phenoxy) is 2. The highest BCUT2D eigenvalue weighted by Crippen LogP contribution is 2.18. The summed E-state index contributed by atoms with van der Waals surface area (Å²) in [5.41, 5.74) is 2.21. The third-order valence-corrected chi connectivity index (χ3v) is 2.51. The number of carbonyl (C=O) groups is 1. The molecule has 1 aromatic carbocycles. The molecule has 0 saturated heterocycles. The Bertz CT molecular complexity index is 404. The van der Waals surface area contributed by atoms with E-state index in [1.54, 1.807) is 7.11 Å². The Labute approximate surface area is 108 Å². The Morgan fingerprint density at radius 2 is 2.11 bits per heavy atom. The summed E-state index contributed by atoms with van der Waals surface area (Å²) in [6.45, 7) is 6.40. The first kappa shape index (κ1) is 14.5. The van der Waals surface area contributed by atoms with Gasteiger partial charge in [0.15, 0.2) is 6.61 Å². The number of hydrogen-bond acceptors (Lipinski definition) is 3. The van der Waals surface area contributed by atoms with E-state index >= 15 is 0 Å². The topological polar surface area (TPSA) is 47.6 Å². The van der Waals surface area contributed by atoms with Crippen LogP contribution in [-0.2, 0) is 9.53 Å². The average Bonchev–Trinajstić information content (AvgIpc) is 2.28. The van der Waals surface area contributed by atoms with Gasteiger partial charge in [-0.3, -0.25) is 4.79 Å². The van der Waals surface area contributed by atoms with Crippen LogP contribution < -0.4 is 10.1 Å². The number of aryl methyl sites for hydroxylation is 2. The molecule has 100 valence electrons. The van der Waals surface area contributed by atoms with Crippen LogP contribution in [0.1, 0.15) is 18.1 Å². The summed E-state index contributed by atoms with van der Waals surface area (Å²) in [5.74, 6) is 0.606. The molecule has 1 aromatic rings. The molecule has 0 aromatic heterocycles. The van der Waals surface area contributed by atoms with E-state index in [4.69, 9.17) is 9.47 Å². The highest BCUT2D eigenvalue weighted by atomic mass is 16.5. The summed E-state index contributed by atoms with van der Waals surface area (Å²) in [6.07, 6.45) is 0. The highest BCUT2D eigenvalue weighted by molar-refractivity contribution is 5.77. The van der Waals surface area contributed by atoms with Gasteiger partial charge in [-0.05, 0) is 32.4 Å². The molecule has 0 heterocycles. The predicted octanol–water partition coefficient (Wildman–Crippen LogP) is 1.83. The predicted molar refractivity (Wildman–Crippen MR) is 70.9 cm³/mol. The fourth-order valence-corrected chi connectivity index (χ4v) is 1.71. The number of hydrogen-bond donors (Lipinski definition) is 1. The fourth-order valence-electron chi connectivity index (χ4n) is 1.71. The Morgan fingerprint density at radius 3 is 2.72 bits per heavy atom. The Kier molecular flexibility index (Phi) is 5.65. The fraction of sp³-hybridized carbons (Fsp3) is 0.500. The smallest absolute Gasteiger partial charge is 0.258 e. The molecule has 4 nitrogen and oxygen atoms in total. The number of nitrogens with one attached hydrogen (secondary N) is 1. The van der Waals surface area contributed by atoms with E-state index in [0.29, 0.717) is 6.61 Å². The molecule has 0 saturated carbocycles. The van der Waals surface area contributed by atoms with Crippen molar-refractivity contribution in [2.75, 3.05) is 20.3 Å². The third kappa shape index (κ3) is 4.75. The lowest BCUT2D eigenvalue weighted by molar-refractivity contribution is -0.124. The number of amides is 1. The van der Waals surface area contributed by atoms with Gasteiger partial charge in [-0.2, -0.15) is 0 Å². The minimum Gasteiger partial charge on any atom is -0.484 e. The second kappa shape index (κ2) is 7.01. The van der Waals surface area contributed by atoms with Crippen LogP contribution in [0, 0.1) is 13.8 Å². The molecule has 1 N–H and O–H groups in total. The maximum atomic E-state index is 11.6. The molecule has 18 heavy (non-hydrogen) atoms. The Morgan fingerprint density at radius 1 is 1.39 bits per heavy atom. The van der Waals surface area contributed by atoms with Crippen LogP contribution in [0.5, 0.6) is 5.75 Å². The first-order valence-corrected chi connectivity index (χ1v) is 6.01. The van der Waals surface area contributed by atoms with E-state index in [1.807, 2.05) is 39.0 Å². The Hall–Kier alpha value is -1.55. The lowest BCUT2D eigenvalue weighted by Gasteiger charge is -2.14.